The molecule has 0 aliphatic carbocycles. The quantitative estimate of drug-likeness (QED) is 0.642. The summed E-state index contributed by atoms with van der Waals surface area (Å²) in [5.41, 5.74) is 1.12. The van der Waals surface area contributed by atoms with Gasteiger partial charge in [0.2, 0.25) is 5.91 Å². The van der Waals surface area contributed by atoms with Crippen LogP contribution in [0, 0.1) is 0 Å². The first-order valence-corrected chi connectivity index (χ1v) is 8.53. The summed E-state index contributed by atoms with van der Waals surface area (Å²) in [4.78, 5) is 35.4. The molecule has 2 aromatic rings. The predicted octanol–water partition coefficient (Wildman–Crippen LogP) is 2.60. The standard InChI is InChI=1S/C20H22N2O6/c1-26-16-8-6-14(7-9-16)21-18(23)10-11-20(25)28-13-19(24)22-15-4-3-5-17(12-15)27-2/h3-9,12H,10-11,13H2,1-2H3,(H,21,23)(H,22,24). The second kappa shape index (κ2) is 10.6. The molecule has 8 nitrogen and oxygen atoms in total. The van der Waals surface area contributed by atoms with Gasteiger partial charge < -0.3 is 24.8 Å². The fourth-order valence-electron chi connectivity index (χ4n) is 2.23. The molecular formula is C20H22N2O6. The van der Waals surface area contributed by atoms with Gasteiger partial charge in [0.05, 0.1) is 20.6 Å². The smallest absolute Gasteiger partial charge is 0.306 e. The largest absolute Gasteiger partial charge is 0.497 e. The van der Waals surface area contributed by atoms with Gasteiger partial charge in [0.25, 0.3) is 5.91 Å². The molecule has 8 heteroatoms. The SMILES string of the molecule is COc1ccc(NC(=O)CCC(=O)OCC(=O)Nc2cccc(OC)c2)cc1. The Balaban J connectivity index is 1.68. The summed E-state index contributed by atoms with van der Waals surface area (Å²) < 4.78 is 15.0. The lowest BCUT2D eigenvalue weighted by atomic mass is 10.2. The van der Waals surface area contributed by atoms with Crippen molar-refractivity contribution in [2.75, 3.05) is 31.5 Å². The van der Waals surface area contributed by atoms with Gasteiger partial charge in [-0.3, -0.25) is 14.4 Å². The predicted molar refractivity (Wildman–Crippen MR) is 103 cm³/mol. The maximum Gasteiger partial charge on any atom is 0.306 e. The Kier molecular flexibility index (Phi) is 7.83. The molecule has 0 aromatic heterocycles. The van der Waals surface area contributed by atoms with Gasteiger partial charge in [-0.15, -0.1) is 0 Å². The van der Waals surface area contributed by atoms with Crippen molar-refractivity contribution in [3.05, 3.63) is 48.5 Å². The number of rotatable bonds is 9. The Morgan fingerprint density at radius 1 is 0.786 bits per heavy atom. The molecule has 2 amide bonds. The van der Waals surface area contributed by atoms with Crippen molar-refractivity contribution >= 4 is 29.2 Å². The van der Waals surface area contributed by atoms with Crippen LogP contribution in [0.4, 0.5) is 11.4 Å². The number of esters is 1. The molecule has 0 heterocycles. The Labute approximate surface area is 162 Å². The van der Waals surface area contributed by atoms with E-state index in [1.807, 2.05) is 0 Å². The molecule has 2 N–H and O–H groups in total. The Morgan fingerprint density at radius 3 is 2.14 bits per heavy atom. The molecule has 0 aliphatic heterocycles. The summed E-state index contributed by atoms with van der Waals surface area (Å²) in [5.74, 6) is -0.177. The maximum atomic E-state index is 11.9. The number of anilines is 2. The lowest BCUT2D eigenvalue weighted by molar-refractivity contribution is -0.147. The molecule has 0 radical (unpaired) electrons. The van der Waals surface area contributed by atoms with Gasteiger partial charge >= 0.3 is 5.97 Å². The van der Waals surface area contributed by atoms with E-state index >= 15 is 0 Å². The summed E-state index contributed by atoms with van der Waals surface area (Å²) in [6, 6.07) is 13.6. The van der Waals surface area contributed by atoms with Crippen LogP contribution >= 0.6 is 0 Å². The molecule has 0 saturated carbocycles. The normalized spacial score (nSPS) is 9.93. The minimum absolute atomic E-state index is 0.0532. The summed E-state index contributed by atoms with van der Waals surface area (Å²) >= 11 is 0. The van der Waals surface area contributed by atoms with Gasteiger partial charge in [0.1, 0.15) is 11.5 Å². The van der Waals surface area contributed by atoms with Crippen molar-refractivity contribution in [3.63, 3.8) is 0 Å². The number of hydrogen-bond acceptors (Lipinski definition) is 6. The van der Waals surface area contributed by atoms with E-state index in [9.17, 15) is 14.4 Å². The molecule has 0 saturated heterocycles. The summed E-state index contributed by atoms with van der Waals surface area (Å²) in [6.07, 6.45) is -0.184. The second-order valence-electron chi connectivity index (χ2n) is 5.72. The summed E-state index contributed by atoms with van der Waals surface area (Å²) in [6.45, 7) is -0.434. The average molecular weight is 386 g/mol. The number of ether oxygens (including phenoxy) is 3. The lowest BCUT2D eigenvalue weighted by Gasteiger charge is -2.08. The number of carbonyl (C=O) groups excluding carboxylic acids is 3. The number of carbonyl (C=O) groups is 3. The van der Waals surface area contributed by atoms with E-state index < -0.39 is 18.5 Å². The molecule has 0 spiro atoms. The van der Waals surface area contributed by atoms with Crippen LogP contribution in [0.25, 0.3) is 0 Å². The zero-order chi connectivity index (χ0) is 20.4. The van der Waals surface area contributed by atoms with Crippen LogP contribution in [0.3, 0.4) is 0 Å². The van der Waals surface area contributed by atoms with Crippen molar-refractivity contribution in [3.8, 4) is 11.5 Å². The molecule has 0 fully saturated rings. The van der Waals surface area contributed by atoms with Gasteiger partial charge in [-0.05, 0) is 36.4 Å². The van der Waals surface area contributed by atoms with Gasteiger partial charge in [0, 0.05) is 23.9 Å². The monoisotopic (exact) mass is 386 g/mol. The van der Waals surface area contributed by atoms with Crippen LogP contribution in [0.15, 0.2) is 48.5 Å². The van der Waals surface area contributed by atoms with Gasteiger partial charge in [-0.1, -0.05) is 6.07 Å². The third-order valence-corrected chi connectivity index (χ3v) is 3.65. The number of benzene rings is 2. The van der Waals surface area contributed by atoms with Crippen LogP contribution in [-0.2, 0) is 19.1 Å². The van der Waals surface area contributed by atoms with E-state index in [1.54, 1.807) is 55.6 Å². The molecule has 28 heavy (non-hydrogen) atoms. The second-order valence-corrected chi connectivity index (χ2v) is 5.72. The highest BCUT2D eigenvalue weighted by molar-refractivity contribution is 5.94. The van der Waals surface area contributed by atoms with E-state index in [1.165, 1.54) is 7.11 Å². The van der Waals surface area contributed by atoms with Crippen LogP contribution in [-0.4, -0.2) is 38.6 Å². The lowest BCUT2D eigenvalue weighted by Crippen LogP contribution is -2.21. The average Bonchev–Trinajstić information content (AvgIpc) is 2.71. The molecule has 0 atom stereocenters. The number of hydrogen-bond donors (Lipinski definition) is 2. The highest BCUT2D eigenvalue weighted by atomic mass is 16.5. The maximum absolute atomic E-state index is 11.9. The van der Waals surface area contributed by atoms with E-state index in [-0.39, 0.29) is 18.7 Å². The van der Waals surface area contributed by atoms with Crippen LogP contribution in [0.1, 0.15) is 12.8 Å². The molecule has 148 valence electrons. The zero-order valence-corrected chi connectivity index (χ0v) is 15.7. The van der Waals surface area contributed by atoms with Gasteiger partial charge in [-0.2, -0.15) is 0 Å². The molecule has 0 unspecified atom stereocenters. The van der Waals surface area contributed by atoms with Gasteiger partial charge in [-0.25, -0.2) is 0 Å². The van der Waals surface area contributed by atoms with Crippen LogP contribution < -0.4 is 20.1 Å². The van der Waals surface area contributed by atoms with Crippen molar-refractivity contribution < 1.29 is 28.6 Å². The minimum atomic E-state index is -0.634. The number of nitrogens with one attached hydrogen (secondary N) is 2. The Morgan fingerprint density at radius 2 is 1.46 bits per heavy atom. The van der Waals surface area contributed by atoms with E-state index in [4.69, 9.17) is 14.2 Å². The Bertz CT molecular complexity index is 820. The van der Waals surface area contributed by atoms with Gasteiger partial charge in [0.15, 0.2) is 6.61 Å². The third kappa shape index (κ3) is 6.99. The molecule has 2 aromatic carbocycles. The van der Waals surface area contributed by atoms with Crippen LogP contribution in [0.5, 0.6) is 11.5 Å². The molecule has 0 bridgehead atoms. The van der Waals surface area contributed by atoms with Crippen LogP contribution in [0.2, 0.25) is 0 Å². The summed E-state index contributed by atoms with van der Waals surface area (Å²) in [7, 11) is 3.07. The van der Waals surface area contributed by atoms with E-state index in [2.05, 4.69) is 10.6 Å². The molecule has 0 aliphatic rings. The number of amides is 2. The third-order valence-electron chi connectivity index (χ3n) is 3.65. The first kappa shape index (κ1) is 20.8. The summed E-state index contributed by atoms with van der Waals surface area (Å²) in [5, 5.41) is 5.26. The van der Waals surface area contributed by atoms with Crippen molar-refractivity contribution in [1.29, 1.82) is 0 Å². The Hall–Kier alpha value is -3.55. The molecule has 2 rings (SSSR count). The van der Waals surface area contributed by atoms with Crippen molar-refractivity contribution in [2.24, 2.45) is 0 Å². The highest BCUT2D eigenvalue weighted by Gasteiger charge is 2.11. The minimum Gasteiger partial charge on any atom is -0.497 e. The van der Waals surface area contributed by atoms with E-state index in [0.717, 1.165) is 0 Å². The topological polar surface area (TPSA) is 103 Å². The fourth-order valence-corrected chi connectivity index (χ4v) is 2.23. The first-order valence-electron chi connectivity index (χ1n) is 8.53. The van der Waals surface area contributed by atoms with E-state index in [0.29, 0.717) is 22.9 Å². The highest BCUT2D eigenvalue weighted by Crippen LogP contribution is 2.17. The van der Waals surface area contributed by atoms with Crippen molar-refractivity contribution in [1.82, 2.24) is 0 Å². The molecular weight excluding hydrogens is 364 g/mol. The number of methoxy groups -OCH3 is 2. The zero-order valence-electron chi connectivity index (χ0n) is 15.7. The van der Waals surface area contributed by atoms with Crippen molar-refractivity contribution in [2.45, 2.75) is 12.8 Å². The fraction of sp³-hybridized carbons (Fsp3) is 0.250. The first-order chi connectivity index (χ1) is 13.5.